The van der Waals surface area contributed by atoms with Crippen LogP contribution in [0.1, 0.15) is 10.4 Å². The van der Waals surface area contributed by atoms with E-state index in [1.165, 1.54) is 18.2 Å². The summed E-state index contributed by atoms with van der Waals surface area (Å²) in [6.45, 7) is -0.368. The Bertz CT molecular complexity index is 1020. The van der Waals surface area contributed by atoms with Gasteiger partial charge in [-0.05, 0) is 18.2 Å². The molecule has 0 saturated carbocycles. The fourth-order valence-electron chi connectivity index (χ4n) is 2.07. The minimum absolute atomic E-state index is 0.0997. The Labute approximate surface area is 155 Å². The monoisotopic (exact) mass is 389 g/mol. The summed E-state index contributed by atoms with van der Waals surface area (Å²) in [4.78, 5) is 21.0. The second kappa shape index (κ2) is 8.79. The summed E-state index contributed by atoms with van der Waals surface area (Å²) < 4.78 is 31.8. The van der Waals surface area contributed by atoms with Crippen LogP contribution in [0, 0.1) is 22.0 Å². The lowest BCUT2D eigenvalue weighted by Gasteiger charge is -2.06. The van der Waals surface area contributed by atoms with Crippen LogP contribution in [0.4, 0.5) is 5.69 Å². The summed E-state index contributed by atoms with van der Waals surface area (Å²) >= 11 is 0. The van der Waals surface area contributed by atoms with Gasteiger partial charge >= 0.3 is 0 Å². The van der Waals surface area contributed by atoms with E-state index >= 15 is 0 Å². The Hall–Kier alpha value is -3.42. The second-order valence-corrected chi connectivity index (χ2v) is 6.79. The minimum Gasteiger partial charge on any atom is -0.480 e. The van der Waals surface area contributed by atoms with Crippen molar-refractivity contribution in [3.05, 3.63) is 64.2 Å². The molecule has 2 rings (SSSR count). The summed E-state index contributed by atoms with van der Waals surface area (Å²) in [5.41, 5.74) is 4.90. The second-order valence-electron chi connectivity index (χ2n) is 5.05. The molecule has 2 aromatic carbocycles. The van der Waals surface area contributed by atoms with Crippen molar-refractivity contribution in [2.75, 3.05) is 13.2 Å². The topological polar surface area (TPSA) is 142 Å². The van der Waals surface area contributed by atoms with Crippen molar-refractivity contribution in [1.29, 1.82) is 0 Å². The third-order valence-electron chi connectivity index (χ3n) is 3.28. The van der Waals surface area contributed by atoms with Crippen LogP contribution in [0.25, 0.3) is 0 Å². The molecule has 0 fully saturated rings. The molecule has 0 heterocycles. The van der Waals surface area contributed by atoms with Gasteiger partial charge in [0, 0.05) is 6.07 Å². The van der Waals surface area contributed by atoms with E-state index < -0.39 is 31.4 Å². The number of nitrogens with one attached hydrogen (secondary N) is 1. The van der Waals surface area contributed by atoms with E-state index in [0.29, 0.717) is 0 Å². The lowest BCUT2D eigenvalue weighted by atomic mass is 10.2. The molecular formula is C17H15N3O6S. The molecule has 140 valence electrons. The number of carbonyl (C=O) groups excluding carboxylic acids is 1. The molecule has 0 atom stereocenters. The Morgan fingerprint density at radius 2 is 1.81 bits per heavy atom. The van der Waals surface area contributed by atoms with Gasteiger partial charge in [0.15, 0.2) is 4.90 Å². The predicted octanol–water partition coefficient (Wildman–Crippen LogP) is 1.05. The molecule has 0 radical (unpaired) electrons. The number of benzene rings is 2. The SMILES string of the molecule is NC(=O)c1ccccc1OCC#CCNS(=O)(=O)c1ccccc1[N+](=O)[O-]. The quantitative estimate of drug-likeness (QED) is 0.412. The maximum Gasteiger partial charge on any atom is 0.289 e. The van der Waals surface area contributed by atoms with Gasteiger partial charge < -0.3 is 10.5 Å². The lowest BCUT2D eigenvalue weighted by molar-refractivity contribution is -0.387. The molecule has 0 saturated heterocycles. The highest BCUT2D eigenvalue weighted by Gasteiger charge is 2.24. The van der Waals surface area contributed by atoms with Crippen molar-refractivity contribution in [1.82, 2.24) is 4.72 Å². The van der Waals surface area contributed by atoms with Crippen molar-refractivity contribution in [3.8, 4) is 17.6 Å². The lowest BCUT2D eigenvalue weighted by Crippen LogP contribution is -2.24. The third-order valence-corrected chi connectivity index (χ3v) is 4.73. The molecule has 10 heteroatoms. The summed E-state index contributed by atoms with van der Waals surface area (Å²) in [7, 11) is -4.09. The van der Waals surface area contributed by atoms with Crippen molar-refractivity contribution in [3.63, 3.8) is 0 Å². The number of carbonyl (C=O) groups is 1. The first kappa shape index (κ1) is 19.9. The highest BCUT2D eigenvalue weighted by molar-refractivity contribution is 7.89. The number of nitrogens with two attached hydrogens (primary N) is 1. The molecule has 0 aromatic heterocycles. The summed E-state index contributed by atoms with van der Waals surface area (Å²) in [6.07, 6.45) is 0. The van der Waals surface area contributed by atoms with E-state index in [1.807, 2.05) is 0 Å². The van der Waals surface area contributed by atoms with Crippen LogP contribution in [0.2, 0.25) is 0 Å². The number of primary amides is 1. The molecule has 9 nitrogen and oxygen atoms in total. The molecule has 0 aliphatic rings. The molecular weight excluding hydrogens is 374 g/mol. The molecule has 0 aliphatic carbocycles. The molecule has 1 amide bonds. The van der Waals surface area contributed by atoms with Gasteiger partial charge in [-0.2, -0.15) is 4.72 Å². The van der Waals surface area contributed by atoms with Gasteiger partial charge in [-0.15, -0.1) is 0 Å². The van der Waals surface area contributed by atoms with Gasteiger partial charge in [-0.1, -0.05) is 36.1 Å². The Kier molecular flexibility index (Phi) is 6.48. The minimum atomic E-state index is -4.09. The van der Waals surface area contributed by atoms with Crippen LogP contribution in [-0.2, 0) is 10.0 Å². The van der Waals surface area contributed by atoms with Crippen LogP contribution in [0.5, 0.6) is 5.75 Å². The molecule has 3 N–H and O–H groups in total. The van der Waals surface area contributed by atoms with Crippen LogP contribution < -0.4 is 15.2 Å². The van der Waals surface area contributed by atoms with E-state index in [0.717, 1.165) is 12.1 Å². The fraction of sp³-hybridized carbons (Fsp3) is 0.118. The number of amides is 1. The Morgan fingerprint density at radius 1 is 1.15 bits per heavy atom. The highest BCUT2D eigenvalue weighted by Crippen LogP contribution is 2.22. The standard InChI is InChI=1S/C17H15N3O6S/c18-17(21)13-7-1-3-9-15(13)26-12-6-5-11-19-27(24,25)16-10-4-2-8-14(16)20(22)23/h1-4,7-10,19H,11-12H2,(H2,18,21). The molecule has 0 spiro atoms. The summed E-state index contributed by atoms with van der Waals surface area (Å²) in [5.74, 6) is 4.72. The fourth-order valence-corrected chi connectivity index (χ4v) is 3.16. The number of para-hydroxylation sites is 2. The van der Waals surface area contributed by atoms with E-state index in [2.05, 4.69) is 16.6 Å². The maximum absolute atomic E-state index is 12.2. The van der Waals surface area contributed by atoms with Crippen LogP contribution in [-0.4, -0.2) is 32.4 Å². The first-order chi connectivity index (χ1) is 12.8. The van der Waals surface area contributed by atoms with E-state index in [1.54, 1.807) is 18.2 Å². The van der Waals surface area contributed by atoms with Crippen molar-refractivity contribution in [2.45, 2.75) is 4.90 Å². The smallest absolute Gasteiger partial charge is 0.289 e. The number of nitro benzene ring substituents is 1. The number of nitrogens with zero attached hydrogens (tertiary/aromatic N) is 1. The number of hydrogen-bond acceptors (Lipinski definition) is 6. The zero-order chi connectivity index (χ0) is 19.9. The summed E-state index contributed by atoms with van der Waals surface area (Å²) in [6, 6.07) is 11.4. The van der Waals surface area contributed by atoms with E-state index in [-0.39, 0.29) is 24.5 Å². The van der Waals surface area contributed by atoms with Crippen LogP contribution >= 0.6 is 0 Å². The average Bonchev–Trinajstić information content (AvgIpc) is 2.64. The van der Waals surface area contributed by atoms with Crippen LogP contribution in [0.3, 0.4) is 0 Å². The van der Waals surface area contributed by atoms with Gasteiger partial charge in [-0.3, -0.25) is 14.9 Å². The highest BCUT2D eigenvalue weighted by atomic mass is 32.2. The molecule has 2 aromatic rings. The maximum atomic E-state index is 12.2. The van der Waals surface area contributed by atoms with Gasteiger partial charge in [0.2, 0.25) is 10.0 Å². The van der Waals surface area contributed by atoms with Crippen molar-refractivity contribution in [2.24, 2.45) is 5.73 Å². The number of rotatable bonds is 7. The van der Waals surface area contributed by atoms with Gasteiger partial charge in [0.05, 0.1) is 17.0 Å². The average molecular weight is 389 g/mol. The Morgan fingerprint density at radius 3 is 2.52 bits per heavy atom. The van der Waals surface area contributed by atoms with Gasteiger partial charge in [-0.25, -0.2) is 8.42 Å². The van der Waals surface area contributed by atoms with E-state index in [9.17, 15) is 23.3 Å². The Balaban J connectivity index is 1.96. The first-order valence-electron chi connectivity index (χ1n) is 7.53. The number of ether oxygens (including phenoxy) is 1. The summed E-state index contributed by atoms with van der Waals surface area (Å²) in [5, 5.41) is 10.9. The normalized spacial score (nSPS) is 10.5. The number of sulfonamides is 1. The zero-order valence-corrected chi connectivity index (χ0v) is 14.7. The van der Waals surface area contributed by atoms with Gasteiger partial charge in [0.1, 0.15) is 12.4 Å². The van der Waals surface area contributed by atoms with Crippen molar-refractivity contribution >= 4 is 21.6 Å². The zero-order valence-electron chi connectivity index (χ0n) is 13.9. The molecule has 0 aliphatic heterocycles. The predicted molar refractivity (Wildman–Crippen MR) is 96.5 cm³/mol. The van der Waals surface area contributed by atoms with Crippen LogP contribution in [0.15, 0.2) is 53.4 Å². The van der Waals surface area contributed by atoms with E-state index in [4.69, 9.17) is 10.5 Å². The number of hydrogen-bond donors (Lipinski definition) is 2. The number of nitro groups is 1. The largest absolute Gasteiger partial charge is 0.480 e. The third kappa shape index (κ3) is 5.27. The molecule has 0 unspecified atom stereocenters. The molecule has 0 bridgehead atoms. The first-order valence-corrected chi connectivity index (χ1v) is 9.01. The van der Waals surface area contributed by atoms with Gasteiger partial charge in [0.25, 0.3) is 11.6 Å². The molecule has 27 heavy (non-hydrogen) atoms. The van der Waals surface area contributed by atoms with Crippen molar-refractivity contribution < 1.29 is 22.9 Å².